The van der Waals surface area contributed by atoms with E-state index in [1.54, 1.807) is 30.5 Å². The van der Waals surface area contributed by atoms with Gasteiger partial charge in [-0.1, -0.05) is 6.08 Å². The minimum absolute atomic E-state index is 0.0422. The van der Waals surface area contributed by atoms with Gasteiger partial charge in [-0.05, 0) is 24.6 Å². The van der Waals surface area contributed by atoms with Crippen LogP contribution in [0.3, 0.4) is 0 Å². The molecule has 0 saturated carbocycles. The summed E-state index contributed by atoms with van der Waals surface area (Å²) in [7, 11) is 0. The minimum Gasteiger partial charge on any atom is -0.462 e. The Kier molecular flexibility index (Phi) is 7.56. The quantitative estimate of drug-likeness (QED) is 0.218. The van der Waals surface area contributed by atoms with E-state index in [1.807, 2.05) is 0 Å². The van der Waals surface area contributed by atoms with Crippen molar-refractivity contribution in [3.05, 3.63) is 58.0 Å². The van der Waals surface area contributed by atoms with Crippen LogP contribution >= 0.6 is 23.1 Å². The molecule has 9 heteroatoms. The van der Waals surface area contributed by atoms with Gasteiger partial charge in [0.25, 0.3) is 5.69 Å². The van der Waals surface area contributed by atoms with Gasteiger partial charge in [0.1, 0.15) is 10.6 Å². The van der Waals surface area contributed by atoms with Crippen LogP contribution in [0, 0.1) is 10.1 Å². The Balaban J connectivity index is 2.33. The molecule has 142 valence electrons. The summed E-state index contributed by atoms with van der Waals surface area (Å²) in [5.41, 5.74) is 1.39. The number of anilines is 1. The summed E-state index contributed by atoms with van der Waals surface area (Å²) < 4.78 is 5.12. The largest absolute Gasteiger partial charge is 0.462 e. The van der Waals surface area contributed by atoms with Crippen LogP contribution in [0.25, 0.3) is 11.1 Å². The van der Waals surface area contributed by atoms with Crippen LogP contribution in [-0.4, -0.2) is 34.9 Å². The average molecular weight is 406 g/mol. The SMILES string of the molecule is C=CCSCC(=O)Nc1scc(-c2ccc([N+](=O)[O-])cc2)c1C(=O)OCC. The van der Waals surface area contributed by atoms with Crippen molar-refractivity contribution in [1.82, 2.24) is 0 Å². The van der Waals surface area contributed by atoms with Crippen molar-refractivity contribution in [2.75, 3.05) is 23.4 Å². The second-order valence-electron chi connectivity index (χ2n) is 5.23. The molecule has 0 radical (unpaired) electrons. The van der Waals surface area contributed by atoms with E-state index in [4.69, 9.17) is 4.74 Å². The molecule has 1 heterocycles. The Hall–Kier alpha value is -2.65. The molecule has 2 aromatic rings. The summed E-state index contributed by atoms with van der Waals surface area (Å²) in [6.07, 6.45) is 1.71. The number of benzene rings is 1. The summed E-state index contributed by atoms with van der Waals surface area (Å²) in [4.78, 5) is 34.9. The van der Waals surface area contributed by atoms with Crippen molar-refractivity contribution in [2.45, 2.75) is 6.92 Å². The number of non-ortho nitro benzene ring substituents is 1. The molecule has 0 spiro atoms. The fraction of sp³-hybridized carbons (Fsp3) is 0.222. The molecular weight excluding hydrogens is 388 g/mol. The van der Waals surface area contributed by atoms with Crippen LogP contribution in [0.4, 0.5) is 10.7 Å². The highest BCUT2D eigenvalue weighted by Gasteiger charge is 2.23. The standard InChI is InChI=1S/C18H18N2O5S2/c1-3-9-26-11-15(21)19-17-16(18(22)25-4-2)14(10-27-17)12-5-7-13(8-6-12)20(23)24/h3,5-8,10H,1,4,9,11H2,2H3,(H,19,21). The molecule has 0 fully saturated rings. The molecule has 1 aromatic carbocycles. The van der Waals surface area contributed by atoms with Crippen molar-refractivity contribution >= 4 is 45.7 Å². The number of carbonyl (C=O) groups excluding carboxylic acids is 2. The number of amides is 1. The number of nitrogens with one attached hydrogen (secondary N) is 1. The normalized spacial score (nSPS) is 10.3. The zero-order valence-corrected chi connectivity index (χ0v) is 16.2. The third-order valence-electron chi connectivity index (χ3n) is 3.38. The van der Waals surface area contributed by atoms with Crippen molar-refractivity contribution in [3.63, 3.8) is 0 Å². The molecule has 2 rings (SSSR count). The van der Waals surface area contributed by atoms with E-state index in [1.165, 1.54) is 35.2 Å². The van der Waals surface area contributed by atoms with Gasteiger partial charge in [-0.25, -0.2) is 4.79 Å². The van der Waals surface area contributed by atoms with Crippen LogP contribution < -0.4 is 5.32 Å². The second-order valence-corrected chi connectivity index (χ2v) is 7.14. The van der Waals surface area contributed by atoms with Crippen molar-refractivity contribution in [1.29, 1.82) is 0 Å². The van der Waals surface area contributed by atoms with E-state index in [0.717, 1.165) is 0 Å². The Morgan fingerprint density at radius 3 is 2.67 bits per heavy atom. The molecular formula is C18H18N2O5S2. The van der Waals surface area contributed by atoms with Crippen LogP contribution in [0.2, 0.25) is 0 Å². The Morgan fingerprint density at radius 1 is 1.37 bits per heavy atom. The summed E-state index contributed by atoms with van der Waals surface area (Å²) in [5.74, 6) is 0.0982. The third-order valence-corrected chi connectivity index (χ3v) is 5.21. The number of hydrogen-bond acceptors (Lipinski definition) is 7. The van der Waals surface area contributed by atoms with Gasteiger partial charge in [-0.15, -0.1) is 29.7 Å². The maximum absolute atomic E-state index is 12.4. The summed E-state index contributed by atoms with van der Waals surface area (Å²) >= 11 is 2.61. The van der Waals surface area contributed by atoms with E-state index >= 15 is 0 Å². The summed E-state index contributed by atoms with van der Waals surface area (Å²) in [6, 6.07) is 5.86. The molecule has 7 nitrogen and oxygen atoms in total. The molecule has 0 bridgehead atoms. The average Bonchev–Trinajstić information content (AvgIpc) is 3.05. The van der Waals surface area contributed by atoms with Gasteiger partial charge in [0, 0.05) is 28.8 Å². The first kappa shape index (κ1) is 20.7. The lowest BCUT2D eigenvalue weighted by atomic mass is 10.0. The first-order valence-electron chi connectivity index (χ1n) is 7.99. The Bertz CT molecular complexity index is 846. The van der Waals surface area contributed by atoms with E-state index in [2.05, 4.69) is 11.9 Å². The number of rotatable bonds is 9. The van der Waals surface area contributed by atoms with Gasteiger partial charge in [-0.2, -0.15) is 0 Å². The maximum atomic E-state index is 12.4. The van der Waals surface area contributed by atoms with Gasteiger partial charge in [0.05, 0.1) is 17.3 Å². The van der Waals surface area contributed by atoms with Crippen LogP contribution in [0.1, 0.15) is 17.3 Å². The minimum atomic E-state index is -0.554. The molecule has 1 N–H and O–H groups in total. The summed E-state index contributed by atoms with van der Waals surface area (Å²) in [6.45, 7) is 5.49. The Morgan fingerprint density at radius 2 is 2.07 bits per heavy atom. The molecule has 0 atom stereocenters. The number of carbonyl (C=O) groups is 2. The predicted molar refractivity (Wildman–Crippen MR) is 109 cm³/mol. The molecule has 0 unspecified atom stereocenters. The van der Waals surface area contributed by atoms with Crippen molar-refractivity contribution in [3.8, 4) is 11.1 Å². The van der Waals surface area contributed by atoms with Gasteiger partial charge in [0.15, 0.2) is 0 Å². The van der Waals surface area contributed by atoms with Crippen molar-refractivity contribution < 1.29 is 19.2 Å². The lowest BCUT2D eigenvalue weighted by molar-refractivity contribution is -0.384. The smallest absolute Gasteiger partial charge is 0.341 e. The summed E-state index contributed by atoms with van der Waals surface area (Å²) in [5, 5.41) is 15.7. The second kappa shape index (κ2) is 9.89. The molecule has 27 heavy (non-hydrogen) atoms. The highest BCUT2D eigenvalue weighted by atomic mass is 32.2. The van der Waals surface area contributed by atoms with Gasteiger partial charge in [0.2, 0.25) is 5.91 Å². The number of ether oxygens (including phenoxy) is 1. The first-order chi connectivity index (χ1) is 13.0. The Labute approximate surface area is 164 Å². The topological polar surface area (TPSA) is 98.5 Å². The number of nitrogens with zero attached hydrogens (tertiary/aromatic N) is 1. The first-order valence-corrected chi connectivity index (χ1v) is 10.0. The molecule has 0 saturated heterocycles. The van der Waals surface area contributed by atoms with Crippen LogP contribution in [0.15, 0.2) is 42.3 Å². The van der Waals surface area contributed by atoms with Gasteiger partial charge >= 0.3 is 5.97 Å². The molecule has 1 aromatic heterocycles. The number of esters is 1. The maximum Gasteiger partial charge on any atom is 0.341 e. The molecule has 0 aliphatic rings. The van der Waals surface area contributed by atoms with Gasteiger partial charge in [-0.3, -0.25) is 14.9 Å². The number of thiophene rings is 1. The number of nitro benzene ring substituents is 1. The fourth-order valence-electron chi connectivity index (χ4n) is 2.23. The third kappa shape index (κ3) is 5.41. The number of nitro groups is 1. The van der Waals surface area contributed by atoms with E-state index in [9.17, 15) is 19.7 Å². The van der Waals surface area contributed by atoms with Crippen LogP contribution in [-0.2, 0) is 9.53 Å². The van der Waals surface area contributed by atoms with E-state index < -0.39 is 10.9 Å². The monoisotopic (exact) mass is 406 g/mol. The predicted octanol–water partition coefficient (Wildman–Crippen LogP) is 4.36. The zero-order chi connectivity index (χ0) is 19.8. The molecule has 0 aliphatic heterocycles. The van der Waals surface area contributed by atoms with Crippen molar-refractivity contribution in [2.24, 2.45) is 0 Å². The number of hydrogen-bond donors (Lipinski definition) is 1. The van der Waals surface area contributed by atoms with Crippen LogP contribution in [0.5, 0.6) is 0 Å². The number of thioether (sulfide) groups is 1. The van der Waals surface area contributed by atoms with E-state index in [0.29, 0.717) is 21.9 Å². The molecule has 0 aliphatic carbocycles. The fourth-order valence-corrected chi connectivity index (χ4v) is 3.74. The zero-order valence-electron chi connectivity index (χ0n) is 14.6. The lowest BCUT2D eigenvalue weighted by Crippen LogP contribution is -2.16. The van der Waals surface area contributed by atoms with E-state index in [-0.39, 0.29) is 29.5 Å². The lowest BCUT2D eigenvalue weighted by Gasteiger charge is -2.08. The molecule has 1 amide bonds. The highest BCUT2D eigenvalue weighted by Crippen LogP contribution is 2.36. The van der Waals surface area contributed by atoms with Gasteiger partial charge < -0.3 is 10.1 Å². The highest BCUT2D eigenvalue weighted by molar-refractivity contribution is 8.00.